The topological polar surface area (TPSA) is 79.0 Å². The number of benzene rings is 3. The third kappa shape index (κ3) is 4.46. The van der Waals surface area contributed by atoms with Crippen molar-refractivity contribution >= 4 is 34.2 Å². The summed E-state index contributed by atoms with van der Waals surface area (Å²) in [5.41, 5.74) is 2.13. The van der Waals surface area contributed by atoms with E-state index in [4.69, 9.17) is 4.74 Å². The Kier molecular flexibility index (Phi) is 6.54. The summed E-state index contributed by atoms with van der Waals surface area (Å²) in [6.45, 7) is 5.51. The van der Waals surface area contributed by atoms with E-state index in [1.165, 1.54) is 9.80 Å². The van der Waals surface area contributed by atoms with Crippen molar-refractivity contribution in [2.75, 3.05) is 18.6 Å². The first kappa shape index (κ1) is 23.3. The van der Waals surface area contributed by atoms with Crippen LogP contribution in [0, 0.1) is 0 Å². The average molecular weight is 460 g/mol. The van der Waals surface area contributed by atoms with Gasteiger partial charge in [-0.1, -0.05) is 36.4 Å². The van der Waals surface area contributed by atoms with Crippen molar-refractivity contribution < 1.29 is 19.1 Å². The first-order valence-corrected chi connectivity index (χ1v) is 11.4. The Labute approximate surface area is 199 Å². The van der Waals surface area contributed by atoms with E-state index in [9.17, 15) is 14.4 Å². The minimum atomic E-state index is -0.725. The molecule has 1 aliphatic heterocycles. The highest BCUT2D eigenvalue weighted by atomic mass is 16.5. The van der Waals surface area contributed by atoms with Crippen LogP contribution >= 0.6 is 0 Å². The van der Waals surface area contributed by atoms with Crippen LogP contribution in [0.25, 0.3) is 10.8 Å². The lowest BCUT2D eigenvalue weighted by Gasteiger charge is -2.31. The first-order valence-electron chi connectivity index (χ1n) is 11.4. The molecule has 3 amide bonds. The van der Waals surface area contributed by atoms with E-state index in [0.29, 0.717) is 17.0 Å². The maximum absolute atomic E-state index is 13.6. The average Bonchev–Trinajstić information content (AvgIpc) is 3.09. The molecule has 0 unspecified atom stereocenters. The van der Waals surface area contributed by atoms with E-state index in [0.717, 1.165) is 16.3 Å². The Bertz CT molecular complexity index is 1250. The van der Waals surface area contributed by atoms with E-state index < -0.39 is 6.04 Å². The van der Waals surface area contributed by atoms with Crippen LogP contribution in [0.15, 0.2) is 60.7 Å². The molecular formula is C27H29N3O4. The molecule has 0 bridgehead atoms. The molecule has 7 heteroatoms. The van der Waals surface area contributed by atoms with E-state index in [2.05, 4.69) is 5.32 Å². The number of amides is 3. The van der Waals surface area contributed by atoms with Crippen molar-refractivity contribution in [3.8, 4) is 5.75 Å². The molecule has 4 rings (SSSR count). The van der Waals surface area contributed by atoms with Crippen LogP contribution in [0.1, 0.15) is 36.7 Å². The molecule has 7 nitrogen and oxygen atoms in total. The standard InChI is InChI=1S/C27H29N3O4/c1-17(2)28-26(32)18(3)29(15-19-8-5-11-21(14-19)34-4)24(31)16-30-23-13-7-10-20-9-6-12-22(25(20)23)27(30)33/h5-14,17-18H,15-16H2,1-4H3,(H,28,32)/t18-/m1/s1. The van der Waals surface area contributed by atoms with Gasteiger partial charge in [0.25, 0.3) is 5.91 Å². The summed E-state index contributed by atoms with van der Waals surface area (Å²) in [4.78, 5) is 42.7. The van der Waals surface area contributed by atoms with Crippen molar-refractivity contribution in [1.29, 1.82) is 0 Å². The number of ether oxygens (including phenoxy) is 1. The van der Waals surface area contributed by atoms with E-state index in [1.807, 2.05) is 68.4 Å². The van der Waals surface area contributed by atoms with Gasteiger partial charge in [0, 0.05) is 23.5 Å². The molecule has 0 fully saturated rings. The van der Waals surface area contributed by atoms with Crippen molar-refractivity contribution in [3.05, 3.63) is 71.8 Å². The number of anilines is 1. The number of hydrogen-bond donors (Lipinski definition) is 1. The number of nitrogens with one attached hydrogen (secondary N) is 1. The largest absolute Gasteiger partial charge is 0.497 e. The van der Waals surface area contributed by atoms with Crippen molar-refractivity contribution in [2.24, 2.45) is 0 Å². The van der Waals surface area contributed by atoms with Gasteiger partial charge in [-0.25, -0.2) is 0 Å². The Morgan fingerprint density at radius 1 is 1.03 bits per heavy atom. The Morgan fingerprint density at radius 2 is 1.74 bits per heavy atom. The van der Waals surface area contributed by atoms with Gasteiger partial charge in [-0.15, -0.1) is 0 Å². The lowest BCUT2D eigenvalue weighted by Crippen LogP contribution is -2.51. The minimum absolute atomic E-state index is 0.0593. The van der Waals surface area contributed by atoms with Gasteiger partial charge in [-0.3, -0.25) is 19.3 Å². The third-order valence-electron chi connectivity index (χ3n) is 6.03. The Balaban J connectivity index is 1.63. The molecule has 1 heterocycles. The molecule has 1 atom stereocenters. The summed E-state index contributed by atoms with van der Waals surface area (Å²) in [5.74, 6) is -0.0986. The van der Waals surface area contributed by atoms with E-state index >= 15 is 0 Å². The summed E-state index contributed by atoms with van der Waals surface area (Å²) in [5, 5.41) is 4.69. The lowest BCUT2D eigenvalue weighted by atomic mass is 10.1. The molecular weight excluding hydrogens is 430 g/mol. The normalized spacial score (nSPS) is 13.3. The van der Waals surface area contributed by atoms with Gasteiger partial charge < -0.3 is 15.0 Å². The van der Waals surface area contributed by atoms with Gasteiger partial charge in [-0.05, 0) is 56.0 Å². The second-order valence-corrected chi connectivity index (χ2v) is 8.78. The number of rotatable bonds is 8. The molecule has 0 aromatic heterocycles. The highest BCUT2D eigenvalue weighted by Crippen LogP contribution is 2.37. The van der Waals surface area contributed by atoms with Crippen molar-refractivity contribution in [3.63, 3.8) is 0 Å². The van der Waals surface area contributed by atoms with Gasteiger partial charge in [0.15, 0.2) is 0 Å². The molecule has 0 spiro atoms. The Morgan fingerprint density at radius 3 is 2.44 bits per heavy atom. The lowest BCUT2D eigenvalue weighted by molar-refractivity contribution is -0.139. The maximum Gasteiger partial charge on any atom is 0.259 e. The number of hydrogen-bond acceptors (Lipinski definition) is 4. The van der Waals surface area contributed by atoms with Crippen LogP contribution in [0.2, 0.25) is 0 Å². The summed E-state index contributed by atoms with van der Waals surface area (Å²) >= 11 is 0. The molecule has 0 saturated carbocycles. The fourth-order valence-corrected chi connectivity index (χ4v) is 4.32. The molecule has 34 heavy (non-hydrogen) atoms. The number of carbonyl (C=O) groups is 3. The van der Waals surface area contributed by atoms with Crippen LogP contribution in [-0.2, 0) is 16.1 Å². The van der Waals surface area contributed by atoms with Crippen LogP contribution in [-0.4, -0.2) is 48.4 Å². The minimum Gasteiger partial charge on any atom is -0.497 e. The summed E-state index contributed by atoms with van der Waals surface area (Å²) in [6.07, 6.45) is 0. The van der Waals surface area contributed by atoms with Crippen LogP contribution in [0.5, 0.6) is 5.75 Å². The molecule has 176 valence electrons. The quantitative estimate of drug-likeness (QED) is 0.557. The fraction of sp³-hybridized carbons (Fsp3) is 0.296. The molecule has 0 saturated heterocycles. The van der Waals surface area contributed by atoms with Gasteiger partial charge >= 0.3 is 0 Å². The zero-order valence-corrected chi connectivity index (χ0v) is 19.9. The second kappa shape index (κ2) is 9.55. The fourth-order valence-electron chi connectivity index (χ4n) is 4.32. The second-order valence-electron chi connectivity index (χ2n) is 8.78. The number of methoxy groups -OCH3 is 1. The third-order valence-corrected chi connectivity index (χ3v) is 6.03. The Hall–Kier alpha value is -3.87. The molecule has 1 aliphatic rings. The van der Waals surface area contributed by atoms with Gasteiger partial charge in [-0.2, -0.15) is 0 Å². The van der Waals surface area contributed by atoms with Gasteiger partial charge in [0.1, 0.15) is 18.3 Å². The predicted octanol–water partition coefficient (Wildman–Crippen LogP) is 3.75. The molecule has 3 aromatic carbocycles. The summed E-state index contributed by atoms with van der Waals surface area (Å²) < 4.78 is 5.31. The van der Waals surface area contributed by atoms with Crippen LogP contribution in [0.4, 0.5) is 5.69 Å². The molecule has 0 radical (unpaired) electrons. The van der Waals surface area contributed by atoms with E-state index in [1.54, 1.807) is 20.1 Å². The SMILES string of the molecule is COc1cccc(CN(C(=O)CN2C(=O)c3cccc4cccc2c34)[C@H](C)C(=O)NC(C)C)c1. The van der Waals surface area contributed by atoms with E-state index in [-0.39, 0.29) is 36.9 Å². The highest BCUT2D eigenvalue weighted by Gasteiger charge is 2.34. The van der Waals surface area contributed by atoms with Gasteiger partial charge in [0.05, 0.1) is 12.8 Å². The zero-order chi connectivity index (χ0) is 24.4. The van der Waals surface area contributed by atoms with Gasteiger partial charge in [0.2, 0.25) is 11.8 Å². The molecule has 1 N–H and O–H groups in total. The van der Waals surface area contributed by atoms with Crippen LogP contribution < -0.4 is 15.0 Å². The van der Waals surface area contributed by atoms with Crippen LogP contribution in [0.3, 0.4) is 0 Å². The van der Waals surface area contributed by atoms with Crippen molar-refractivity contribution in [2.45, 2.75) is 39.4 Å². The monoisotopic (exact) mass is 459 g/mol. The summed E-state index contributed by atoms with van der Waals surface area (Å²) in [6, 6.07) is 17.9. The number of carbonyl (C=O) groups excluding carboxylic acids is 3. The molecule has 3 aromatic rings. The smallest absolute Gasteiger partial charge is 0.259 e. The number of nitrogens with zero attached hydrogens (tertiary/aromatic N) is 2. The maximum atomic E-state index is 13.6. The van der Waals surface area contributed by atoms with Crippen molar-refractivity contribution in [1.82, 2.24) is 10.2 Å². The highest BCUT2D eigenvalue weighted by molar-refractivity contribution is 6.26. The predicted molar refractivity (Wildman–Crippen MR) is 132 cm³/mol. The summed E-state index contributed by atoms with van der Waals surface area (Å²) in [7, 11) is 1.58. The molecule has 0 aliphatic carbocycles. The first-order chi connectivity index (χ1) is 16.3. The zero-order valence-electron chi connectivity index (χ0n) is 19.9.